The van der Waals surface area contributed by atoms with E-state index in [-0.39, 0.29) is 26.1 Å². The largest absolute Gasteiger partial charge is 0.472 e. The molecule has 0 aliphatic rings. The van der Waals surface area contributed by atoms with Crippen LogP contribution in [0.3, 0.4) is 0 Å². The zero-order valence-electron chi connectivity index (χ0n) is 49.7. The Balaban J connectivity index is 3.98. The van der Waals surface area contributed by atoms with Crippen molar-refractivity contribution in [2.45, 2.75) is 264 Å². The fourth-order valence-electron chi connectivity index (χ4n) is 8.41. The third-order valence-electron chi connectivity index (χ3n) is 13.1. The topological polar surface area (TPSA) is 108 Å². The maximum Gasteiger partial charge on any atom is 0.472 e. The lowest BCUT2D eigenvalue weighted by atomic mass is 10.0. The van der Waals surface area contributed by atoms with Crippen molar-refractivity contribution < 1.29 is 42.1 Å². The van der Waals surface area contributed by atoms with Gasteiger partial charge in [0.25, 0.3) is 0 Å². The number of unbranched alkanes of at least 4 members (excludes halogenated alkanes) is 26. The molecule has 0 aromatic heterocycles. The molecule has 0 aliphatic carbocycles. The van der Waals surface area contributed by atoms with Crippen molar-refractivity contribution in [2.75, 3.05) is 47.5 Å². The Morgan fingerprint density at radius 1 is 0.408 bits per heavy atom. The summed E-state index contributed by atoms with van der Waals surface area (Å²) in [5, 5.41) is 0. The van der Waals surface area contributed by atoms with Crippen LogP contribution in [0.15, 0.2) is 97.2 Å². The van der Waals surface area contributed by atoms with E-state index in [2.05, 4.69) is 111 Å². The second-order valence-electron chi connectivity index (χ2n) is 21.7. The Kier molecular flexibility index (Phi) is 54.4. The first-order valence-electron chi connectivity index (χ1n) is 31.0. The summed E-state index contributed by atoms with van der Waals surface area (Å²) in [7, 11) is 1.45. The van der Waals surface area contributed by atoms with Crippen LogP contribution in [0.1, 0.15) is 258 Å². The minimum absolute atomic E-state index is 0.0226. The minimum Gasteiger partial charge on any atom is -0.462 e. The summed E-state index contributed by atoms with van der Waals surface area (Å²) < 4.78 is 34.5. The molecule has 2 atom stereocenters. The highest BCUT2D eigenvalue weighted by molar-refractivity contribution is 7.47. The normalized spacial score (nSPS) is 13.9. The Morgan fingerprint density at radius 3 is 1.08 bits per heavy atom. The number of phosphoric acid groups is 1. The van der Waals surface area contributed by atoms with Crippen LogP contribution >= 0.6 is 7.82 Å². The lowest BCUT2D eigenvalue weighted by molar-refractivity contribution is -0.870. The number of hydrogen-bond donors (Lipinski definition) is 1. The van der Waals surface area contributed by atoms with Gasteiger partial charge < -0.3 is 18.9 Å². The van der Waals surface area contributed by atoms with Gasteiger partial charge in [0.05, 0.1) is 27.7 Å². The van der Waals surface area contributed by atoms with Crippen LogP contribution in [0.5, 0.6) is 0 Å². The van der Waals surface area contributed by atoms with Crippen LogP contribution in [0.4, 0.5) is 0 Å². The van der Waals surface area contributed by atoms with Gasteiger partial charge in [0.2, 0.25) is 0 Å². The van der Waals surface area contributed by atoms with E-state index in [0.717, 1.165) is 77.0 Å². The third kappa shape index (κ3) is 60.2. The number of esters is 2. The molecule has 438 valence electrons. The van der Waals surface area contributed by atoms with Crippen molar-refractivity contribution in [1.82, 2.24) is 0 Å². The molecule has 76 heavy (non-hydrogen) atoms. The molecule has 0 amide bonds. The average Bonchev–Trinajstić information content (AvgIpc) is 3.38. The summed E-state index contributed by atoms with van der Waals surface area (Å²) in [6.45, 7) is 4.17. The fraction of sp³-hybridized carbons (Fsp3) is 0.727. The Bertz CT molecular complexity index is 1600. The Morgan fingerprint density at radius 2 is 0.711 bits per heavy atom. The van der Waals surface area contributed by atoms with Crippen LogP contribution in [-0.4, -0.2) is 74.9 Å². The summed E-state index contributed by atoms with van der Waals surface area (Å²) in [5.41, 5.74) is 0. The number of phosphoric ester groups is 1. The molecule has 10 heteroatoms. The van der Waals surface area contributed by atoms with Gasteiger partial charge in [-0.1, -0.05) is 252 Å². The molecule has 0 saturated heterocycles. The molecular formula is C66H117NO8P+. The molecule has 0 aromatic rings. The van der Waals surface area contributed by atoms with Crippen LogP contribution in [0.2, 0.25) is 0 Å². The standard InChI is InChI=1S/C66H116NO8P/c1-6-8-10-12-14-16-18-20-22-23-24-25-26-27-28-29-30-31-32-33-34-35-36-37-38-39-40-41-42-43-45-47-49-51-53-55-57-59-66(69)75-64(63-74-76(70,71)73-61-60-67(3,4)5)62-72-65(68)58-56-54-52-50-48-46-44-21-19-17-15-13-11-9-7-2/h8-11,14-17,20-22,24-25,44,48,50,64H,6-7,12-13,18-19,23,26-43,45-47,49,51-63H2,1-5H3/p+1/b10-8-,11-9-,16-14-,17-15-,22-20-,25-24-,44-21-,50-48-. The van der Waals surface area contributed by atoms with Gasteiger partial charge in [0.1, 0.15) is 19.8 Å². The van der Waals surface area contributed by atoms with Gasteiger partial charge in [-0.05, 0) is 89.9 Å². The zero-order valence-corrected chi connectivity index (χ0v) is 50.6. The summed E-state index contributed by atoms with van der Waals surface area (Å²) in [5.74, 6) is -0.843. The summed E-state index contributed by atoms with van der Waals surface area (Å²) in [6.07, 6.45) is 78.1. The number of carbonyl (C=O) groups excluding carboxylic acids is 2. The van der Waals surface area contributed by atoms with E-state index in [1.165, 1.54) is 141 Å². The predicted molar refractivity (Wildman–Crippen MR) is 325 cm³/mol. The quantitative estimate of drug-likeness (QED) is 0.0211. The lowest BCUT2D eigenvalue weighted by Crippen LogP contribution is -2.37. The first kappa shape index (κ1) is 72.9. The smallest absolute Gasteiger partial charge is 0.462 e. The van der Waals surface area contributed by atoms with Gasteiger partial charge in [0, 0.05) is 12.8 Å². The number of carbonyl (C=O) groups is 2. The van der Waals surface area contributed by atoms with E-state index >= 15 is 0 Å². The molecule has 0 rings (SSSR count). The molecule has 0 bridgehead atoms. The monoisotopic (exact) mass is 1080 g/mol. The number of likely N-dealkylation sites (N-methyl/N-ethyl adjacent to an activating group) is 1. The van der Waals surface area contributed by atoms with Crippen LogP contribution < -0.4 is 0 Å². The first-order chi connectivity index (χ1) is 37.0. The molecule has 0 fully saturated rings. The number of rotatable bonds is 56. The van der Waals surface area contributed by atoms with Crippen molar-refractivity contribution in [3.8, 4) is 0 Å². The number of quaternary nitrogens is 1. The number of nitrogens with zero attached hydrogens (tertiary/aromatic N) is 1. The van der Waals surface area contributed by atoms with E-state index in [1.54, 1.807) is 0 Å². The molecular weight excluding hydrogens is 966 g/mol. The summed E-state index contributed by atoms with van der Waals surface area (Å²) in [4.78, 5) is 35.6. The van der Waals surface area contributed by atoms with Gasteiger partial charge in [-0.15, -0.1) is 0 Å². The van der Waals surface area contributed by atoms with Crippen LogP contribution in [0, 0.1) is 0 Å². The molecule has 0 aromatic carbocycles. The van der Waals surface area contributed by atoms with E-state index < -0.39 is 32.5 Å². The van der Waals surface area contributed by atoms with Gasteiger partial charge in [-0.2, -0.15) is 0 Å². The highest BCUT2D eigenvalue weighted by atomic mass is 31.2. The summed E-state index contributed by atoms with van der Waals surface area (Å²) in [6, 6.07) is 0. The van der Waals surface area contributed by atoms with Gasteiger partial charge in [-0.3, -0.25) is 18.6 Å². The number of hydrogen-bond acceptors (Lipinski definition) is 7. The first-order valence-corrected chi connectivity index (χ1v) is 32.5. The van der Waals surface area contributed by atoms with Crippen molar-refractivity contribution in [1.29, 1.82) is 0 Å². The van der Waals surface area contributed by atoms with Gasteiger partial charge in [-0.25, -0.2) is 4.57 Å². The molecule has 9 nitrogen and oxygen atoms in total. The molecule has 2 unspecified atom stereocenters. The maximum absolute atomic E-state index is 12.8. The lowest BCUT2D eigenvalue weighted by Gasteiger charge is -2.24. The number of allylic oxidation sites excluding steroid dienone is 16. The van der Waals surface area contributed by atoms with Crippen LogP contribution in [-0.2, 0) is 32.7 Å². The van der Waals surface area contributed by atoms with Crippen molar-refractivity contribution in [2.24, 2.45) is 0 Å². The fourth-order valence-corrected chi connectivity index (χ4v) is 9.15. The second-order valence-corrected chi connectivity index (χ2v) is 23.1. The van der Waals surface area contributed by atoms with E-state index in [4.69, 9.17) is 18.5 Å². The highest BCUT2D eigenvalue weighted by Gasteiger charge is 2.27. The molecule has 0 aliphatic heterocycles. The zero-order chi connectivity index (χ0) is 55.6. The predicted octanol–water partition coefficient (Wildman–Crippen LogP) is 19.6. The maximum atomic E-state index is 12.8. The third-order valence-corrected chi connectivity index (χ3v) is 14.1. The van der Waals surface area contributed by atoms with Crippen molar-refractivity contribution in [3.05, 3.63) is 97.2 Å². The second kappa shape index (κ2) is 56.6. The number of ether oxygens (including phenoxy) is 2. The van der Waals surface area contributed by atoms with E-state index in [1.807, 2.05) is 21.1 Å². The molecule has 0 spiro atoms. The molecule has 0 radical (unpaired) electrons. The molecule has 1 N–H and O–H groups in total. The SMILES string of the molecule is CC/C=C\C/C=C\C/C=C\C/C=C\CCCCCCCCCCCCCCCCCCCCCCCCCCC(=O)OC(COC(=O)CCCC/C=C\C/C=C\C/C=C\C/C=C\CC)COP(=O)(O)OCC[N+](C)(C)C. The molecule has 0 saturated carbocycles. The van der Waals surface area contributed by atoms with Gasteiger partial charge in [0.15, 0.2) is 6.10 Å². The van der Waals surface area contributed by atoms with Crippen molar-refractivity contribution >= 4 is 19.8 Å². The van der Waals surface area contributed by atoms with E-state index in [9.17, 15) is 19.0 Å². The van der Waals surface area contributed by atoms with Crippen molar-refractivity contribution in [3.63, 3.8) is 0 Å². The average molecular weight is 1080 g/mol. The van der Waals surface area contributed by atoms with Crippen LogP contribution in [0.25, 0.3) is 0 Å². The van der Waals surface area contributed by atoms with E-state index in [0.29, 0.717) is 23.9 Å². The Hall–Kier alpha value is -3.07. The van der Waals surface area contributed by atoms with Gasteiger partial charge >= 0.3 is 19.8 Å². The molecule has 0 heterocycles. The summed E-state index contributed by atoms with van der Waals surface area (Å²) >= 11 is 0. The minimum atomic E-state index is -4.40. The Labute approximate surface area is 468 Å². The highest BCUT2D eigenvalue weighted by Crippen LogP contribution is 2.43.